The van der Waals surface area contributed by atoms with Gasteiger partial charge in [0.15, 0.2) is 0 Å². The lowest BCUT2D eigenvalue weighted by molar-refractivity contribution is 0.0214. The van der Waals surface area contributed by atoms with E-state index in [1.807, 2.05) is 27.8 Å². The molecule has 0 N–H and O–H groups in total. The Balaban J connectivity index is 2.48. The van der Waals surface area contributed by atoms with Crippen LogP contribution in [0.5, 0.6) is 0 Å². The van der Waals surface area contributed by atoms with Crippen molar-refractivity contribution >= 4 is 6.09 Å². The number of hydrogen-bond acceptors (Lipinski definition) is 2. The first-order valence-electron chi connectivity index (χ1n) is 5.51. The lowest BCUT2D eigenvalue weighted by Gasteiger charge is -2.31. The van der Waals surface area contributed by atoms with E-state index < -0.39 is 5.60 Å². The molecule has 1 aliphatic rings. The van der Waals surface area contributed by atoms with Gasteiger partial charge in [-0.05, 0) is 40.0 Å². The minimum absolute atomic E-state index is 0.220. The maximum absolute atomic E-state index is 11.7. The maximum Gasteiger partial charge on any atom is 0.410 e. The van der Waals surface area contributed by atoms with Gasteiger partial charge in [-0.25, -0.2) is 4.79 Å². The fraction of sp³-hybridized carbons (Fsp3) is 0.750. The average molecular weight is 211 g/mol. The lowest BCUT2D eigenvalue weighted by atomic mass is 10.0. The zero-order chi connectivity index (χ0) is 11.5. The Kier molecular flexibility index (Phi) is 3.77. The molecule has 0 bridgehead atoms. The van der Waals surface area contributed by atoms with Gasteiger partial charge in [-0.2, -0.15) is 0 Å². The van der Waals surface area contributed by atoms with Gasteiger partial charge in [-0.3, -0.25) is 0 Å². The largest absolute Gasteiger partial charge is 0.444 e. The molecule has 0 spiro atoms. The van der Waals surface area contributed by atoms with Crippen LogP contribution >= 0.6 is 0 Å². The Morgan fingerprint density at radius 2 is 2.07 bits per heavy atom. The standard InChI is InChI=1S/C12H21NO2/c1-12(2,3)15-11(14)13(4)10-8-6-5-7-9-10/h5-6,10H,7-9H2,1-4H3/t10-/m0/s1. The van der Waals surface area contributed by atoms with Gasteiger partial charge in [0, 0.05) is 13.1 Å². The molecular weight excluding hydrogens is 190 g/mol. The van der Waals surface area contributed by atoms with Crippen molar-refractivity contribution in [2.24, 2.45) is 0 Å². The van der Waals surface area contributed by atoms with Gasteiger partial charge in [0.1, 0.15) is 5.60 Å². The molecule has 0 saturated heterocycles. The number of carbonyl (C=O) groups excluding carboxylic acids is 1. The topological polar surface area (TPSA) is 29.5 Å². The van der Waals surface area contributed by atoms with Gasteiger partial charge in [0.2, 0.25) is 0 Å². The maximum atomic E-state index is 11.7. The summed E-state index contributed by atoms with van der Waals surface area (Å²) in [7, 11) is 1.82. The smallest absolute Gasteiger partial charge is 0.410 e. The number of allylic oxidation sites excluding steroid dienone is 1. The summed E-state index contributed by atoms with van der Waals surface area (Å²) in [6, 6.07) is 0.296. The molecule has 0 aromatic carbocycles. The Labute approximate surface area is 92.1 Å². The summed E-state index contributed by atoms with van der Waals surface area (Å²) >= 11 is 0. The molecule has 1 atom stereocenters. The molecule has 3 heteroatoms. The average Bonchev–Trinajstić information content (AvgIpc) is 2.15. The number of rotatable bonds is 1. The van der Waals surface area contributed by atoms with Crippen molar-refractivity contribution in [1.29, 1.82) is 0 Å². The molecule has 0 aromatic rings. The van der Waals surface area contributed by atoms with E-state index >= 15 is 0 Å². The van der Waals surface area contributed by atoms with Crippen molar-refractivity contribution in [2.75, 3.05) is 7.05 Å². The molecule has 0 heterocycles. The van der Waals surface area contributed by atoms with E-state index in [4.69, 9.17) is 4.74 Å². The van der Waals surface area contributed by atoms with Crippen LogP contribution in [-0.4, -0.2) is 29.7 Å². The minimum Gasteiger partial charge on any atom is -0.444 e. The van der Waals surface area contributed by atoms with Crippen LogP contribution in [0.1, 0.15) is 40.0 Å². The Bertz CT molecular complexity index is 253. The third-order valence-corrected chi connectivity index (χ3v) is 2.47. The van der Waals surface area contributed by atoms with E-state index in [1.165, 1.54) is 0 Å². The van der Waals surface area contributed by atoms with Crippen LogP contribution in [0.4, 0.5) is 4.79 Å². The molecule has 0 aliphatic heterocycles. The molecule has 0 saturated carbocycles. The number of carbonyl (C=O) groups is 1. The zero-order valence-electron chi connectivity index (χ0n) is 10.1. The summed E-state index contributed by atoms with van der Waals surface area (Å²) in [6.07, 6.45) is 7.11. The van der Waals surface area contributed by atoms with E-state index in [0.29, 0.717) is 6.04 Å². The number of ether oxygens (including phenoxy) is 1. The van der Waals surface area contributed by atoms with Crippen LogP contribution in [0.15, 0.2) is 12.2 Å². The van der Waals surface area contributed by atoms with Gasteiger partial charge < -0.3 is 9.64 Å². The van der Waals surface area contributed by atoms with Crippen molar-refractivity contribution in [3.8, 4) is 0 Å². The normalized spacial score (nSPS) is 21.2. The van der Waals surface area contributed by atoms with Crippen molar-refractivity contribution in [3.05, 3.63) is 12.2 Å². The van der Waals surface area contributed by atoms with Gasteiger partial charge in [-0.15, -0.1) is 0 Å². The van der Waals surface area contributed by atoms with Crippen molar-refractivity contribution in [3.63, 3.8) is 0 Å². The Morgan fingerprint density at radius 1 is 1.40 bits per heavy atom. The van der Waals surface area contributed by atoms with Crippen molar-refractivity contribution in [2.45, 2.75) is 51.7 Å². The first kappa shape index (κ1) is 12.1. The number of nitrogens with zero attached hydrogens (tertiary/aromatic N) is 1. The first-order valence-corrected chi connectivity index (χ1v) is 5.51. The fourth-order valence-corrected chi connectivity index (χ4v) is 1.61. The second-order valence-corrected chi connectivity index (χ2v) is 5.03. The highest BCUT2D eigenvalue weighted by Crippen LogP contribution is 2.18. The summed E-state index contributed by atoms with van der Waals surface area (Å²) in [5, 5.41) is 0. The molecule has 0 aromatic heterocycles. The SMILES string of the molecule is CN(C(=O)OC(C)(C)C)[C@H]1CC=CCC1. The van der Waals surface area contributed by atoms with E-state index in [-0.39, 0.29) is 6.09 Å². The minimum atomic E-state index is -0.407. The molecule has 1 amide bonds. The number of amides is 1. The quantitative estimate of drug-likeness (QED) is 0.624. The summed E-state index contributed by atoms with van der Waals surface area (Å²) < 4.78 is 5.32. The Hall–Kier alpha value is -0.990. The summed E-state index contributed by atoms with van der Waals surface area (Å²) in [5.74, 6) is 0. The summed E-state index contributed by atoms with van der Waals surface area (Å²) in [6.45, 7) is 5.67. The van der Waals surface area contributed by atoms with Gasteiger partial charge >= 0.3 is 6.09 Å². The zero-order valence-corrected chi connectivity index (χ0v) is 10.1. The third-order valence-electron chi connectivity index (χ3n) is 2.47. The van der Waals surface area contributed by atoms with Crippen LogP contribution in [-0.2, 0) is 4.74 Å². The number of hydrogen-bond donors (Lipinski definition) is 0. The molecule has 0 unspecified atom stereocenters. The third kappa shape index (κ3) is 3.94. The highest BCUT2D eigenvalue weighted by atomic mass is 16.6. The van der Waals surface area contributed by atoms with E-state index in [1.54, 1.807) is 4.90 Å². The molecule has 0 fully saturated rings. The predicted molar refractivity (Wildman–Crippen MR) is 60.8 cm³/mol. The molecule has 3 nitrogen and oxygen atoms in total. The molecule has 1 aliphatic carbocycles. The van der Waals surface area contributed by atoms with Gasteiger partial charge in [0.25, 0.3) is 0 Å². The lowest BCUT2D eigenvalue weighted by Crippen LogP contribution is -2.41. The second-order valence-electron chi connectivity index (χ2n) is 5.03. The molecule has 15 heavy (non-hydrogen) atoms. The van der Waals surface area contributed by atoms with Crippen LogP contribution < -0.4 is 0 Å². The van der Waals surface area contributed by atoms with Gasteiger partial charge in [0.05, 0.1) is 0 Å². The molecule has 0 radical (unpaired) electrons. The van der Waals surface area contributed by atoms with Crippen LogP contribution in [0.25, 0.3) is 0 Å². The van der Waals surface area contributed by atoms with Crippen LogP contribution in [0.3, 0.4) is 0 Å². The van der Waals surface area contributed by atoms with E-state index in [0.717, 1.165) is 19.3 Å². The summed E-state index contributed by atoms with van der Waals surface area (Å²) in [4.78, 5) is 13.5. The van der Waals surface area contributed by atoms with E-state index in [9.17, 15) is 4.79 Å². The van der Waals surface area contributed by atoms with E-state index in [2.05, 4.69) is 12.2 Å². The van der Waals surface area contributed by atoms with Crippen molar-refractivity contribution in [1.82, 2.24) is 4.90 Å². The second kappa shape index (κ2) is 4.69. The highest BCUT2D eigenvalue weighted by molar-refractivity contribution is 5.68. The summed E-state index contributed by atoms with van der Waals surface area (Å²) in [5.41, 5.74) is -0.407. The predicted octanol–water partition coefficient (Wildman–Crippen LogP) is 2.96. The van der Waals surface area contributed by atoms with Crippen LogP contribution in [0.2, 0.25) is 0 Å². The van der Waals surface area contributed by atoms with Crippen LogP contribution in [0, 0.1) is 0 Å². The first-order chi connectivity index (χ1) is 6.90. The molecule has 86 valence electrons. The van der Waals surface area contributed by atoms with Crippen molar-refractivity contribution < 1.29 is 9.53 Å². The molecular formula is C12H21NO2. The highest BCUT2D eigenvalue weighted by Gasteiger charge is 2.24. The Morgan fingerprint density at radius 3 is 2.53 bits per heavy atom. The molecule has 1 rings (SSSR count). The fourth-order valence-electron chi connectivity index (χ4n) is 1.61. The monoisotopic (exact) mass is 211 g/mol. The van der Waals surface area contributed by atoms with Gasteiger partial charge in [-0.1, -0.05) is 12.2 Å².